The van der Waals surface area contributed by atoms with Crippen LogP contribution in [0.15, 0.2) is 72.8 Å². The summed E-state index contributed by atoms with van der Waals surface area (Å²) in [6.45, 7) is 0.795. The van der Waals surface area contributed by atoms with E-state index in [0.717, 1.165) is 16.9 Å². The summed E-state index contributed by atoms with van der Waals surface area (Å²) in [4.78, 5) is 42.4. The van der Waals surface area contributed by atoms with Gasteiger partial charge in [-0.2, -0.15) is 0 Å². The normalized spacial score (nSPS) is 16.1. The minimum atomic E-state index is -0.492. The van der Waals surface area contributed by atoms with Gasteiger partial charge in [-0.05, 0) is 42.3 Å². The van der Waals surface area contributed by atoms with Crippen molar-refractivity contribution < 1.29 is 19.1 Å². The molecule has 2 aliphatic heterocycles. The van der Waals surface area contributed by atoms with Crippen LogP contribution in [0.25, 0.3) is 0 Å². The molecule has 2 heterocycles. The number of carbonyl (C=O) groups excluding carboxylic acids is 3. The standard InChI is InChI=1S/C27H25N3O4/c1-34-19-14-12-18(13-15-19)17-28-24(31)11-6-16-29-25-20-7-2-3-8-21(20)27(33)30(25)23-10-5-4-9-22(23)26(29)32/h2-5,7-10,12-15,25H,6,11,16-17H2,1H3,(H,28,31)/t25-/m0/s1. The number of fused-ring (bicyclic) bond motifs is 5. The minimum Gasteiger partial charge on any atom is -0.497 e. The molecule has 3 amide bonds. The van der Waals surface area contributed by atoms with E-state index < -0.39 is 6.17 Å². The Hall–Kier alpha value is -4.13. The summed E-state index contributed by atoms with van der Waals surface area (Å²) in [5.74, 6) is 0.451. The molecular formula is C27H25N3O4. The second-order valence-corrected chi connectivity index (χ2v) is 8.38. The number of para-hydroxylation sites is 1. The maximum Gasteiger partial charge on any atom is 0.260 e. The minimum absolute atomic E-state index is 0.0829. The van der Waals surface area contributed by atoms with Gasteiger partial charge in [0.15, 0.2) is 0 Å². The zero-order chi connectivity index (χ0) is 23.7. The lowest BCUT2D eigenvalue weighted by atomic mass is 10.0. The van der Waals surface area contributed by atoms with Crippen LogP contribution in [0.4, 0.5) is 5.69 Å². The fourth-order valence-corrected chi connectivity index (χ4v) is 4.64. The Balaban J connectivity index is 1.28. The number of rotatable bonds is 7. The van der Waals surface area contributed by atoms with Crippen LogP contribution in [0.5, 0.6) is 5.75 Å². The number of anilines is 1. The van der Waals surface area contributed by atoms with E-state index in [1.54, 1.807) is 35.1 Å². The quantitative estimate of drug-likeness (QED) is 0.586. The van der Waals surface area contributed by atoms with Crippen LogP contribution in [0.1, 0.15) is 50.9 Å². The summed E-state index contributed by atoms with van der Waals surface area (Å²) in [5, 5.41) is 2.92. The predicted octanol–water partition coefficient (Wildman–Crippen LogP) is 3.91. The van der Waals surface area contributed by atoms with Gasteiger partial charge in [0.25, 0.3) is 11.8 Å². The molecule has 0 bridgehead atoms. The Bertz CT molecular complexity index is 1250. The van der Waals surface area contributed by atoms with Gasteiger partial charge in [0.05, 0.1) is 18.4 Å². The molecule has 0 radical (unpaired) electrons. The Kier molecular flexibility index (Phi) is 5.76. The molecule has 0 fully saturated rings. The Morgan fingerprint density at radius 2 is 1.62 bits per heavy atom. The van der Waals surface area contributed by atoms with Gasteiger partial charge in [0.2, 0.25) is 5.91 Å². The number of nitrogens with one attached hydrogen (secondary N) is 1. The van der Waals surface area contributed by atoms with Crippen molar-refractivity contribution in [2.45, 2.75) is 25.6 Å². The van der Waals surface area contributed by atoms with Crippen molar-refractivity contribution in [1.82, 2.24) is 10.2 Å². The smallest absolute Gasteiger partial charge is 0.260 e. The van der Waals surface area contributed by atoms with Crippen molar-refractivity contribution in [2.75, 3.05) is 18.6 Å². The number of ether oxygens (including phenoxy) is 1. The van der Waals surface area contributed by atoms with Crippen molar-refractivity contribution >= 4 is 23.4 Å². The van der Waals surface area contributed by atoms with Gasteiger partial charge < -0.3 is 15.0 Å². The number of hydrogen-bond donors (Lipinski definition) is 1. The molecule has 34 heavy (non-hydrogen) atoms. The zero-order valence-corrected chi connectivity index (χ0v) is 18.9. The summed E-state index contributed by atoms with van der Waals surface area (Å²) in [7, 11) is 1.61. The monoisotopic (exact) mass is 455 g/mol. The third-order valence-electron chi connectivity index (χ3n) is 6.33. The van der Waals surface area contributed by atoms with E-state index in [0.29, 0.717) is 36.3 Å². The van der Waals surface area contributed by atoms with Gasteiger partial charge in [-0.3, -0.25) is 19.3 Å². The van der Waals surface area contributed by atoms with Gasteiger partial charge >= 0.3 is 0 Å². The van der Waals surface area contributed by atoms with Crippen LogP contribution in [0.2, 0.25) is 0 Å². The lowest BCUT2D eigenvalue weighted by molar-refractivity contribution is -0.121. The van der Waals surface area contributed by atoms with E-state index in [4.69, 9.17) is 4.74 Å². The maximum absolute atomic E-state index is 13.4. The third kappa shape index (κ3) is 3.79. The second-order valence-electron chi connectivity index (χ2n) is 8.38. The number of benzene rings is 3. The lowest BCUT2D eigenvalue weighted by Gasteiger charge is -2.41. The van der Waals surface area contributed by atoms with Gasteiger partial charge in [-0.15, -0.1) is 0 Å². The fraction of sp³-hybridized carbons (Fsp3) is 0.222. The van der Waals surface area contributed by atoms with Crippen LogP contribution >= 0.6 is 0 Å². The molecule has 0 aromatic heterocycles. The van der Waals surface area contributed by atoms with Gasteiger partial charge in [-0.1, -0.05) is 42.5 Å². The van der Waals surface area contributed by atoms with Gasteiger partial charge in [0, 0.05) is 30.6 Å². The van der Waals surface area contributed by atoms with Gasteiger partial charge in [-0.25, -0.2) is 0 Å². The molecule has 0 spiro atoms. The summed E-state index contributed by atoms with van der Waals surface area (Å²) in [6.07, 6.45) is 0.279. The molecule has 0 saturated heterocycles. The third-order valence-corrected chi connectivity index (χ3v) is 6.33. The predicted molar refractivity (Wildman–Crippen MR) is 128 cm³/mol. The molecular weight excluding hydrogens is 430 g/mol. The highest BCUT2D eigenvalue weighted by Crippen LogP contribution is 2.45. The van der Waals surface area contributed by atoms with E-state index in [1.807, 2.05) is 54.6 Å². The number of hydrogen-bond acceptors (Lipinski definition) is 4. The van der Waals surface area contributed by atoms with Gasteiger partial charge in [0.1, 0.15) is 11.9 Å². The van der Waals surface area contributed by atoms with Crippen molar-refractivity contribution in [3.05, 3.63) is 95.1 Å². The Labute approximate surface area is 197 Å². The SMILES string of the molecule is COc1ccc(CNC(=O)CCCN2C(=O)c3ccccc3N3C(=O)c4ccccc4[C@@H]23)cc1. The van der Waals surface area contributed by atoms with Crippen LogP contribution in [0.3, 0.4) is 0 Å². The lowest BCUT2D eigenvalue weighted by Crippen LogP contribution is -2.48. The molecule has 1 atom stereocenters. The summed E-state index contributed by atoms with van der Waals surface area (Å²) in [5.41, 5.74) is 3.54. The van der Waals surface area contributed by atoms with Crippen LogP contribution in [-0.2, 0) is 11.3 Å². The molecule has 172 valence electrons. The van der Waals surface area contributed by atoms with Crippen molar-refractivity contribution in [3.63, 3.8) is 0 Å². The van der Waals surface area contributed by atoms with Crippen LogP contribution < -0.4 is 15.0 Å². The molecule has 7 heteroatoms. The topological polar surface area (TPSA) is 79.0 Å². The van der Waals surface area contributed by atoms with Crippen molar-refractivity contribution in [3.8, 4) is 5.75 Å². The molecule has 3 aromatic carbocycles. The van der Waals surface area contributed by atoms with E-state index in [-0.39, 0.29) is 24.1 Å². The summed E-state index contributed by atoms with van der Waals surface area (Å²) >= 11 is 0. The average molecular weight is 456 g/mol. The summed E-state index contributed by atoms with van der Waals surface area (Å²) in [6, 6.07) is 22.1. The molecule has 2 aliphatic rings. The van der Waals surface area contributed by atoms with E-state index in [2.05, 4.69) is 5.32 Å². The highest BCUT2D eigenvalue weighted by atomic mass is 16.5. The highest BCUT2D eigenvalue weighted by Gasteiger charge is 2.47. The first-order valence-corrected chi connectivity index (χ1v) is 11.3. The molecule has 0 saturated carbocycles. The molecule has 3 aromatic rings. The molecule has 1 N–H and O–H groups in total. The maximum atomic E-state index is 13.4. The van der Waals surface area contributed by atoms with E-state index in [9.17, 15) is 14.4 Å². The van der Waals surface area contributed by atoms with Crippen LogP contribution in [-0.4, -0.2) is 36.3 Å². The fourth-order valence-electron chi connectivity index (χ4n) is 4.64. The first-order valence-electron chi connectivity index (χ1n) is 11.3. The molecule has 5 rings (SSSR count). The molecule has 0 unspecified atom stereocenters. The average Bonchev–Trinajstić information content (AvgIpc) is 3.17. The number of methoxy groups -OCH3 is 1. The second kappa shape index (κ2) is 9.02. The van der Waals surface area contributed by atoms with E-state index in [1.165, 1.54) is 0 Å². The molecule has 7 nitrogen and oxygen atoms in total. The Morgan fingerprint density at radius 1 is 0.912 bits per heavy atom. The first kappa shape index (κ1) is 21.7. The first-order chi connectivity index (χ1) is 16.6. The van der Waals surface area contributed by atoms with Crippen LogP contribution in [0, 0.1) is 0 Å². The van der Waals surface area contributed by atoms with E-state index >= 15 is 0 Å². The summed E-state index contributed by atoms with van der Waals surface area (Å²) < 4.78 is 5.15. The largest absolute Gasteiger partial charge is 0.497 e. The Morgan fingerprint density at radius 3 is 2.38 bits per heavy atom. The zero-order valence-electron chi connectivity index (χ0n) is 18.9. The highest BCUT2D eigenvalue weighted by molar-refractivity contribution is 6.16. The van der Waals surface area contributed by atoms with Crippen molar-refractivity contribution in [1.29, 1.82) is 0 Å². The number of amides is 3. The number of nitrogens with zero attached hydrogens (tertiary/aromatic N) is 2. The van der Waals surface area contributed by atoms with Crippen molar-refractivity contribution in [2.24, 2.45) is 0 Å². The number of carbonyl (C=O) groups is 3. The molecule has 0 aliphatic carbocycles.